The van der Waals surface area contributed by atoms with Gasteiger partial charge >= 0.3 is 11.9 Å². The topological polar surface area (TPSA) is 173 Å². The summed E-state index contributed by atoms with van der Waals surface area (Å²) in [5.41, 5.74) is 9.26. The molecule has 3 amide bonds. The van der Waals surface area contributed by atoms with E-state index in [9.17, 15) is 29.1 Å². The molecule has 4 aromatic rings. The Morgan fingerprint density at radius 2 is 1.53 bits per heavy atom. The zero-order chi connectivity index (χ0) is 36.3. The largest absolute Gasteiger partial charge is 0.480 e. The molecule has 0 saturated carbocycles. The third kappa shape index (κ3) is 9.61. The molecule has 0 radical (unpaired) electrons. The molecule has 0 spiro atoms. The van der Waals surface area contributed by atoms with E-state index >= 15 is 0 Å². The molecule has 0 bridgehead atoms. The molecule has 1 aliphatic rings. The molecule has 51 heavy (non-hydrogen) atoms. The minimum Gasteiger partial charge on any atom is -0.480 e. The fourth-order valence-corrected chi connectivity index (χ4v) is 6.47. The van der Waals surface area contributed by atoms with E-state index in [1.165, 1.54) is 4.90 Å². The number of para-hydroxylation sites is 1. The smallest absolute Gasteiger partial charge is 0.338 e. The maximum atomic E-state index is 14.1. The van der Waals surface area contributed by atoms with E-state index in [1.54, 1.807) is 24.3 Å². The molecule has 268 valence electrons. The minimum atomic E-state index is -1.10. The number of carboxylic acids is 1. The van der Waals surface area contributed by atoms with E-state index in [2.05, 4.69) is 10.6 Å². The number of aryl methyl sites for hydroxylation is 1. The highest BCUT2D eigenvalue weighted by molar-refractivity contribution is 5.95. The van der Waals surface area contributed by atoms with Crippen LogP contribution in [-0.2, 0) is 43.8 Å². The first-order chi connectivity index (χ1) is 24.6. The second kappa shape index (κ2) is 17.4. The molecule has 1 aromatic heterocycles. The highest BCUT2D eigenvalue weighted by Gasteiger charge is 2.38. The highest BCUT2D eigenvalue weighted by atomic mass is 16.5. The lowest BCUT2D eigenvalue weighted by Gasteiger charge is -2.29. The van der Waals surface area contributed by atoms with Crippen LogP contribution in [0.2, 0.25) is 0 Å². The van der Waals surface area contributed by atoms with Crippen LogP contribution in [0.1, 0.15) is 53.7 Å². The molecule has 5 N–H and O–H groups in total. The first-order valence-electron chi connectivity index (χ1n) is 17.3. The fraction of sp³-hybridized carbons (Fsp3) is 0.359. The number of nitrogens with one attached hydrogen (secondary N) is 2. The second-order valence-corrected chi connectivity index (χ2v) is 12.9. The van der Waals surface area contributed by atoms with Crippen LogP contribution in [0.5, 0.6) is 0 Å². The normalized spacial score (nSPS) is 15.9. The van der Waals surface area contributed by atoms with Gasteiger partial charge in [-0.25, -0.2) is 9.59 Å². The Labute approximate surface area is 296 Å². The van der Waals surface area contributed by atoms with Crippen LogP contribution in [0.4, 0.5) is 0 Å². The molecule has 0 unspecified atom stereocenters. The van der Waals surface area contributed by atoms with E-state index in [0.29, 0.717) is 31.2 Å². The molecule has 2 heterocycles. The summed E-state index contributed by atoms with van der Waals surface area (Å²) in [6.45, 7) is 0.443. The van der Waals surface area contributed by atoms with E-state index in [4.69, 9.17) is 10.5 Å². The zero-order valence-corrected chi connectivity index (χ0v) is 28.7. The predicted octanol–water partition coefficient (Wildman–Crippen LogP) is 3.36. The number of nitrogens with zero attached hydrogens (tertiary/aromatic N) is 2. The molecule has 5 rings (SSSR count). The van der Waals surface area contributed by atoms with Crippen molar-refractivity contribution in [2.45, 2.75) is 69.1 Å². The molecule has 12 heteroatoms. The van der Waals surface area contributed by atoms with Crippen molar-refractivity contribution in [2.24, 2.45) is 12.8 Å². The number of amides is 3. The van der Waals surface area contributed by atoms with Crippen molar-refractivity contribution >= 4 is 40.6 Å². The van der Waals surface area contributed by atoms with Crippen molar-refractivity contribution in [1.29, 1.82) is 0 Å². The second-order valence-electron chi connectivity index (χ2n) is 12.9. The first kappa shape index (κ1) is 36.8. The third-order valence-electron chi connectivity index (χ3n) is 9.30. The van der Waals surface area contributed by atoms with Gasteiger partial charge in [0.1, 0.15) is 18.1 Å². The van der Waals surface area contributed by atoms with E-state index in [-0.39, 0.29) is 32.4 Å². The summed E-state index contributed by atoms with van der Waals surface area (Å²) in [7, 11) is 1.88. The van der Waals surface area contributed by atoms with Crippen LogP contribution in [0.15, 0.2) is 91.0 Å². The number of carbonyl (C=O) groups is 5. The van der Waals surface area contributed by atoms with Crippen LogP contribution in [0.3, 0.4) is 0 Å². The van der Waals surface area contributed by atoms with Crippen LogP contribution in [-0.4, -0.2) is 81.6 Å². The van der Waals surface area contributed by atoms with Gasteiger partial charge in [0.05, 0.1) is 18.2 Å². The number of fused-ring (bicyclic) bond motifs is 1. The SMILES string of the molecule is Cn1c(C[C@H](NC(=O)[C@@H](N)CCCCOC(=O)c2ccccc2)C(=O)N[C@@H](Cc2ccccc2)C(=O)N2CCC[C@@H]2C(=O)O)cc2ccccc21. The van der Waals surface area contributed by atoms with Crippen molar-refractivity contribution in [1.82, 2.24) is 20.1 Å². The van der Waals surface area contributed by atoms with Gasteiger partial charge in [0.15, 0.2) is 0 Å². The summed E-state index contributed by atoms with van der Waals surface area (Å²) in [6.07, 6.45) is 2.41. The maximum absolute atomic E-state index is 14.1. The standard InChI is InChI=1S/C39H45N5O7/c1-43-29(24-28-17-8-9-19-33(28)43)25-31(41-35(45)30(40)18-10-11-22-51-39(50)27-15-6-3-7-16-27)36(46)42-32(23-26-13-4-2-5-14-26)37(47)44-21-12-20-34(44)38(48)49/h2-9,13-17,19,24,30-32,34H,10-12,18,20-23,25,40H2,1H3,(H,41,45)(H,42,46)(H,48,49)/t30-,31-,32-,34+/m0/s1. The van der Waals surface area contributed by atoms with Gasteiger partial charge in [-0.2, -0.15) is 0 Å². The van der Waals surface area contributed by atoms with Crippen molar-refractivity contribution in [3.05, 3.63) is 108 Å². The van der Waals surface area contributed by atoms with Gasteiger partial charge in [0.25, 0.3) is 0 Å². The number of carbonyl (C=O) groups excluding carboxylic acids is 4. The summed E-state index contributed by atoms with van der Waals surface area (Å²) in [6, 6.07) is 23.5. The van der Waals surface area contributed by atoms with E-state index in [1.807, 2.05) is 78.3 Å². The number of aliphatic carboxylic acids is 1. The molecule has 4 atom stereocenters. The molecular weight excluding hydrogens is 650 g/mol. The molecular formula is C39H45N5O7. The van der Waals surface area contributed by atoms with Crippen LogP contribution in [0, 0.1) is 0 Å². The van der Waals surface area contributed by atoms with Crippen molar-refractivity contribution < 1.29 is 33.8 Å². The predicted molar refractivity (Wildman–Crippen MR) is 192 cm³/mol. The number of nitrogens with two attached hydrogens (primary N) is 1. The number of hydrogen-bond acceptors (Lipinski definition) is 7. The molecule has 1 saturated heterocycles. The zero-order valence-electron chi connectivity index (χ0n) is 28.7. The summed E-state index contributed by atoms with van der Waals surface area (Å²) in [5.74, 6) is -3.13. The number of carboxylic acid groups (broad SMARTS) is 1. The van der Waals surface area contributed by atoms with Gasteiger partial charge in [0.2, 0.25) is 17.7 Å². The average molecular weight is 696 g/mol. The highest BCUT2D eigenvalue weighted by Crippen LogP contribution is 2.22. The van der Waals surface area contributed by atoms with Gasteiger partial charge in [0, 0.05) is 37.6 Å². The monoisotopic (exact) mass is 695 g/mol. The summed E-state index contributed by atoms with van der Waals surface area (Å²) < 4.78 is 7.28. The molecule has 3 aromatic carbocycles. The van der Waals surface area contributed by atoms with Gasteiger partial charge in [-0.05, 0) is 67.3 Å². The lowest BCUT2D eigenvalue weighted by molar-refractivity contribution is -0.149. The Kier molecular flexibility index (Phi) is 12.6. The van der Waals surface area contributed by atoms with Gasteiger partial charge in [-0.1, -0.05) is 66.7 Å². The number of unbranched alkanes of at least 4 members (excludes halogenated alkanes) is 1. The Bertz CT molecular complexity index is 1830. The first-order valence-corrected chi connectivity index (χ1v) is 17.3. The van der Waals surface area contributed by atoms with Crippen LogP contribution in [0.25, 0.3) is 10.9 Å². The van der Waals surface area contributed by atoms with Gasteiger partial charge in [-0.3, -0.25) is 14.4 Å². The Morgan fingerprint density at radius 1 is 0.863 bits per heavy atom. The van der Waals surface area contributed by atoms with Crippen molar-refractivity contribution in [3.8, 4) is 0 Å². The number of esters is 1. The third-order valence-corrected chi connectivity index (χ3v) is 9.30. The van der Waals surface area contributed by atoms with Crippen molar-refractivity contribution in [2.75, 3.05) is 13.2 Å². The number of aromatic nitrogens is 1. The van der Waals surface area contributed by atoms with Gasteiger partial charge in [-0.15, -0.1) is 0 Å². The van der Waals surface area contributed by atoms with Gasteiger partial charge < -0.3 is 35.7 Å². The number of likely N-dealkylation sites (tertiary alicyclic amines) is 1. The minimum absolute atomic E-state index is 0.110. The summed E-state index contributed by atoms with van der Waals surface area (Å²) in [4.78, 5) is 67.0. The number of benzene rings is 3. The lowest BCUT2D eigenvalue weighted by atomic mass is 10.0. The molecule has 1 aliphatic heterocycles. The molecule has 12 nitrogen and oxygen atoms in total. The summed E-state index contributed by atoms with van der Waals surface area (Å²) >= 11 is 0. The fourth-order valence-electron chi connectivity index (χ4n) is 6.47. The number of hydrogen-bond donors (Lipinski definition) is 4. The average Bonchev–Trinajstić information content (AvgIpc) is 3.76. The quantitative estimate of drug-likeness (QED) is 0.102. The molecule has 1 fully saturated rings. The number of ether oxygens (including phenoxy) is 1. The lowest BCUT2D eigenvalue weighted by Crippen LogP contribution is -2.58. The van der Waals surface area contributed by atoms with Crippen LogP contribution >= 0.6 is 0 Å². The van der Waals surface area contributed by atoms with Crippen LogP contribution < -0.4 is 16.4 Å². The van der Waals surface area contributed by atoms with E-state index in [0.717, 1.165) is 22.2 Å². The van der Waals surface area contributed by atoms with E-state index < -0.39 is 53.8 Å². The Hall–Kier alpha value is -5.49. The Balaban J connectivity index is 1.29. The van der Waals surface area contributed by atoms with Crippen molar-refractivity contribution in [3.63, 3.8) is 0 Å². The maximum Gasteiger partial charge on any atom is 0.338 e. The summed E-state index contributed by atoms with van der Waals surface area (Å²) in [5, 5.41) is 16.4. The Morgan fingerprint density at radius 3 is 2.24 bits per heavy atom. The number of rotatable bonds is 16. The molecule has 0 aliphatic carbocycles.